The smallest absolute Gasteiger partial charge is 0.193 e. The molecule has 1 aliphatic heterocycles. The molecule has 1 heterocycles. The van der Waals surface area contributed by atoms with Crippen molar-refractivity contribution in [1.82, 2.24) is 10.2 Å². The van der Waals surface area contributed by atoms with E-state index in [4.69, 9.17) is 0 Å². The monoisotopic (exact) mass is 427 g/mol. The summed E-state index contributed by atoms with van der Waals surface area (Å²) in [6, 6.07) is 10.7. The maximum absolute atomic E-state index is 4.50. The maximum Gasteiger partial charge on any atom is 0.193 e. The van der Waals surface area contributed by atoms with E-state index in [0.717, 1.165) is 25.3 Å². The van der Waals surface area contributed by atoms with Gasteiger partial charge in [-0.15, -0.1) is 24.0 Å². The molecule has 4 heteroatoms. The lowest BCUT2D eigenvalue weighted by Crippen LogP contribution is -2.41. The zero-order valence-corrected chi connectivity index (χ0v) is 16.6. The summed E-state index contributed by atoms with van der Waals surface area (Å²) >= 11 is 0. The minimum Gasteiger partial charge on any atom is -0.356 e. The summed E-state index contributed by atoms with van der Waals surface area (Å²) in [6.45, 7) is 3.40. The lowest BCUT2D eigenvalue weighted by atomic mass is 9.86. The molecule has 0 unspecified atom stereocenters. The summed E-state index contributed by atoms with van der Waals surface area (Å²) in [5.74, 6) is 1.11. The van der Waals surface area contributed by atoms with Gasteiger partial charge >= 0.3 is 0 Å². The Morgan fingerprint density at radius 3 is 2.61 bits per heavy atom. The van der Waals surface area contributed by atoms with Gasteiger partial charge in [0.05, 0.1) is 0 Å². The molecule has 1 spiro atoms. The molecule has 1 aromatic carbocycles. The van der Waals surface area contributed by atoms with Crippen LogP contribution in [0.3, 0.4) is 0 Å². The minimum atomic E-state index is 0. The number of rotatable bonds is 4. The van der Waals surface area contributed by atoms with Crippen molar-refractivity contribution in [2.45, 2.75) is 44.9 Å². The number of guanidine groups is 1. The highest BCUT2D eigenvalue weighted by Gasteiger charge is 2.40. The van der Waals surface area contributed by atoms with Crippen LogP contribution in [0.15, 0.2) is 35.3 Å². The van der Waals surface area contributed by atoms with Gasteiger partial charge in [0.2, 0.25) is 0 Å². The van der Waals surface area contributed by atoms with Gasteiger partial charge in [-0.2, -0.15) is 0 Å². The first-order valence-electron chi connectivity index (χ1n) is 8.81. The van der Waals surface area contributed by atoms with Crippen LogP contribution >= 0.6 is 24.0 Å². The van der Waals surface area contributed by atoms with Crippen LogP contribution < -0.4 is 5.32 Å². The topological polar surface area (TPSA) is 27.6 Å². The number of aryl methyl sites for hydroxylation is 1. The second-order valence-electron chi connectivity index (χ2n) is 6.94. The average Bonchev–Trinajstić information content (AvgIpc) is 3.19. The van der Waals surface area contributed by atoms with Crippen LogP contribution in [0.4, 0.5) is 0 Å². The second-order valence-corrected chi connectivity index (χ2v) is 6.94. The summed E-state index contributed by atoms with van der Waals surface area (Å²) in [6.07, 6.45) is 9.35. The van der Waals surface area contributed by atoms with Gasteiger partial charge in [-0.1, -0.05) is 43.2 Å². The van der Waals surface area contributed by atoms with Gasteiger partial charge in [0, 0.05) is 26.7 Å². The van der Waals surface area contributed by atoms with Gasteiger partial charge in [-0.25, -0.2) is 0 Å². The summed E-state index contributed by atoms with van der Waals surface area (Å²) in [7, 11) is 1.92. The molecule has 1 saturated carbocycles. The number of halogens is 1. The Morgan fingerprint density at radius 1 is 1.17 bits per heavy atom. The van der Waals surface area contributed by atoms with E-state index in [1.807, 2.05) is 7.05 Å². The molecule has 0 bridgehead atoms. The van der Waals surface area contributed by atoms with E-state index in [1.54, 1.807) is 0 Å². The molecule has 2 fully saturated rings. The van der Waals surface area contributed by atoms with Gasteiger partial charge in [0.25, 0.3) is 0 Å². The van der Waals surface area contributed by atoms with Crippen LogP contribution in [0.5, 0.6) is 0 Å². The Balaban J connectivity index is 0.00000192. The van der Waals surface area contributed by atoms with Crippen LogP contribution in [0, 0.1) is 5.41 Å². The summed E-state index contributed by atoms with van der Waals surface area (Å²) < 4.78 is 0. The summed E-state index contributed by atoms with van der Waals surface area (Å²) in [5.41, 5.74) is 2.03. The van der Waals surface area contributed by atoms with Crippen molar-refractivity contribution in [3.05, 3.63) is 35.9 Å². The van der Waals surface area contributed by atoms with Crippen LogP contribution in [0.25, 0.3) is 0 Å². The van der Waals surface area contributed by atoms with Gasteiger partial charge in [0.1, 0.15) is 0 Å². The SMILES string of the molecule is CN=C(NCCCc1ccccc1)N1CCC2(CCCC2)C1.I. The molecule has 3 nitrogen and oxygen atoms in total. The van der Waals surface area contributed by atoms with E-state index >= 15 is 0 Å². The molecule has 0 radical (unpaired) electrons. The molecule has 1 saturated heterocycles. The predicted molar refractivity (Wildman–Crippen MR) is 109 cm³/mol. The number of nitrogens with one attached hydrogen (secondary N) is 1. The quantitative estimate of drug-likeness (QED) is 0.340. The third kappa shape index (κ3) is 4.85. The number of likely N-dealkylation sites (tertiary alicyclic amines) is 1. The average molecular weight is 427 g/mol. The fourth-order valence-corrected chi connectivity index (χ4v) is 4.12. The van der Waals surface area contributed by atoms with Gasteiger partial charge < -0.3 is 10.2 Å². The normalized spacial score (nSPS) is 19.9. The Kier molecular flexibility index (Phi) is 7.18. The largest absolute Gasteiger partial charge is 0.356 e. The van der Waals surface area contributed by atoms with E-state index in [9.17, 15) is 0 Å². The molecule has 1 N–H and O–H groups in total. The maximum atomic E-state index is 4.50. The Morgan fingerprint density at radius 2 is 1.91 bits per heavy atom. The summed E-state index contributed by atoms with van der Waals surface area (Å²) in [4.78, 5) is 6.98. The van der Waals surface area contributed by atoms with E-state index < -0.39 is 0 Å². The fourth-order valence-electron chi connectivity index (χ4n) is 4.12. The van der Waals surface area contributed by atoms with E-state index in [0.29, 0.717) is 5.41 Å². The van der Waals surface area contributed by atoms with E-state index in [1.165, 1.54) is 50.8 Å². The number of aliphatic imine (C=N–C) groups is 1. The van der Waals surface area contributed by atoms with Crippen molar-refractivity contribution in [1.29, 1.82) is 0 Å². The molecular formula is C19H30IN3. The number of benzene rings is 1. The van der Waals surface area contributed by atoms with Crippen LogP contribution in [0.1, 0.15) is 44.1 Å². The van der Waals surface area contributed by atoms with Crippen molar-refractivity contribution in [2.75, 3.05) is 26.7 Å². The van der Waals surface area contributed by atoms with Gasteiger partial charge in [-0.05, 0) is 43.1 Å². The van der Waals surface area contributed by atoms with E-state index in [2.05, 4.69) is 45.5 Å². The highest BCUT2D eigenvalue weighted by Crippen LogP contribution is 2.45. The molecule has 0 amide bonds. The van der Waals surface area contributed by atoms with Gasteiger partial charge in [0.15, 0.2) is 5.96 Å². The second kappa shape index (κ2) is 8.90. The first kappa shape index (κ1) is 18.6. The Bertz CT molecular complexity index is 495. The molecule has 2 aliphatic rings. The fraction of sp³-hybridized carbons (Fsp3) is 0.632. The highest BCUT2D eigenvalue weighted by atomic mass is 127. The molecule has 0 atom stereocenters. The first-order chi connectivity index (χ1) is 10.8. The third-order valence-corrected chi connectivity index (χ3v) is 5.38. The predicted octanol–water partition coefficient (Wildman–Crippen LogP) is 4.08. The Hall–Kier alpha value is -0.780. The molecular weight excluding hydrogens is 397 g/mol. The molecule has 128 valence electrons. The van der Waals surface area contributed by atoms with Crippen LogP contribution in [-0.2, 0) is 6.42 Å². The summed E-state index contributed by atoms with van der Waals surface area (Å²) in [5, 5.41) is 3.56. The minimum absolute atomic E-state index is 0. The highest BCUT2D eigenvalue weighted by molar-refractivity contribution is 14.0. The molecule has 0 aromatic heterocycles. The molecule has 3 rings (SSSR count). The number of hydrogen-bond donors (Lipinski definition) is 1. The molecule has 1 aliphatic carbocycles. The van der Waals surface area contributed by atoms with Crippen LogP contribution in [0.2, 0.25) is 0 Å². The lowest BCUT2D eigenvalue weighted by Gasteiger charge is -2.25. The van der Waals surface area contributed by atoms with Crippen molar-refractivity contribution in [3.63, 3.8) is 0 Å². The van der Waals surface area contributed by atoms with Crippen molar-refractivity contribution < 1.29 is 0 Å². The molecule has 23 heavy (non-hydrogen) atoms. The molecule has 1 aromatic rings. The van der Waals surface area contributed by atoms with Crippen molar-refractivity contribution in [2.24, 2.45) is 10.4 Å². The van der Waals surface area contributed by atoms with Crippen LogP contribution in [-0.4, -0.2) is 37.5 Å². The lowest BCUT2D eigenvalue weighted by molar-refractivity contribution is 0.309. The number of hydrogen-bond acceptors (Lipinski definition) is 1. The zero-order chi connectivity index (χ0) is 15.3. The van der Waals surface area contributed by atoms with Crippen molar-refractivity contribution in [3.8, 4) is 0 Å². The third-order valence-electron chi connectivity index (χ3n) is 5.38. The Labute approximate surface area is 158 Å². The van der Waals surface area contributed by atoms with E-state index in [-0.39, 0.29) is 24.0 Å². The van der Waals surface area contributed by atoms with Gasteiger partial charge in [-0.3, -0.25) is 4.99 Å². The van der Waals surface area contributed by atoms with Crippen molar-refractivity contribution >= 4 is 29.9 Å². The zero-order valence-electron chi connectivity index (χ0n) is 14.3. The standard InChI is InChI=1S/C19H29N3.HI/c1-20-18(21-14-7-10-17-8-3-2-4-9-17)22-15-13-19(16-22)11-5-6-12-19;/h2-4,8-9H,5-7,10-16H2,1H3,(H,20,21);1H. The number of nitrogens with zero attached hydrogens (tertiary/aromatic N) is 2. The first-order valence-corrected chi connectivity index (χ1v) is 8.81.